The van der Waals surface area contributed by atoms with Gasteiger partial charge in [0.25, 0.3) is 0 Å². The minimum atomic E-state index is -0.342. The first kappa shape index (κ1) is 20.4. The van der Waals surface area contributed by atoms with Crippen LogP contribution in [-0.2, 0) is 4.74 Å². The summed E-state index contributed by atoms with van der Waals surface area (Å²) in [7, 11) is 2.12. The third kappa shape index (κ3) is 4.07. The Balaban J connectivity index is 1.91. The quantitative estimate of drug-likeness (QED) is 0.469. The van der Waals surface area contributed by atoms with Crippen molar-refractivity contribution < 1.29 is 9.53 Å². The third-order valence-corrected chi connectivity index (χ3v) is 5.79. The summed E-state index contributed by atoms with van der Waals surface area (Å²) in [6.45, 7) is 8.90. The van der Waals surface area contributed by atoms with Crippen molar-refractivity contribution in [3.63, 3.8) is 0 Å². The van der Waals surface area contributed by atoms with Crippen LogP contribution in [0.3, 0.4) is 0 Å². The fraction of sp³-hybridized carbons (Fsp3) is 0.391. The number of anilines is 1. The van der Waals surface area contributed by atoms with E-state index in [1.54, 1.807) is 31.3 Å². The van der Waals surface area contributed by atoms with Crippen molar-refractivity contribution >= 4 is 35.2 Å². The maximum Gasteiger partial charge on any atom is 0.338 e. The number of rotatable bonds is 4. The zero-order valence-electron chi connectivity index (χ0n) is 17.1. The first-order valence-electron chi connectivity index (χ1n) is 9.61. The molecular weight excluding hydrogens is 372 g/mol. The summed E-state index contributed by atoms with van der Waals surface area (Å²) >= 11 is 6.56. The van der Waals surface area contributed by atoms with Crippen LogP contribution in [0.15, 0.2) is 41.4 Å². The predicted molar refractivity (Wildman–Crippen MR) is 117 cm³/mol. The van der Waals surface area contributed by atoms with Crippen LogP contribution in [0.5, 0.6) is 0 Å². The van der Waals surface area contributed by atoms with Gasteiger partial charge < -0.3 is 9.64 Å². The molecule has 1 atom stereocenters. The molecular formula is C23H27ClN2O2. The van der Waals surface area contributed by atoms with Gasteiger partial charge in [-0.15, -0.1) is 0 Å². The van der Waals surface area contributed by atoms with E-state index in [-0.39, 0.29) is 11.5 Å². The van der Waals surface area contributed by atoms with Crippen LogP contribution < -0.4 is 4.90 Å². The van der Waals surface area contributed by atoms with Crippen molar-refractivity contribution in [3.05, 3.63) is 58.1 Å². The summed E-state index contributed by atoms with van der Waals surface area (Å²) in [5, 5.41) is 0.667. The number of carbonyl (C=O) groups excluding carboxylic acids is 1. The summed E-state index contributed by atoms with van der Waals surface area (Å²) < 4.78 is 5.05. The van der Waals surface area contributed by atoms with Gasteiger partial charge in [0.05, 0.1) is 22.9 Å². The summed E-state index contributed by atoms with van der Waals surface area (Å²) in [5.74, 6) is 0.101. The second kappa shape index (κ2) is 7.96. The van der Waals surface area contributed by atoms with Gasteiger partial charge in [-0.25, -0.2) is 4.79 Å². The number of nitrogens with zero attached hydrogens (tertiary/aromatic N) is 2. The molecule has 0 N–H and O–H groups in total. The number of aliphatic imine (C=N–C) groups is 1. The van der Waals surface area contributed by atoms with E-state index in [1.807, 2.05) is 12.1 Å². The Morgan fingerprint density at radius 2 is 2.11 bits per heavy atom. The zero-order valence-corrected chi connectivity index (χ0v) is 17.9. The number of benzene rings is 2. The monoisotopic (exact) mass is 398 g/mol. The van der Waals surface area contributed by atoms with Crippen LogP contribution in [0.25, 0.3) is 0 Å². The van der Waals surface area contributed by atoms with E-state index in [4.69, 9.17) is 16.3 Å². The molecule has 0 radical (unpaired) electrons. The van der Waals surface area contributed by atoms with Crippen molar-refractivity contribution in [1.82, 2.24) is 0 Å². The average molecular weight is 399 g/mol. The van der Waals surface area contributed by atoms with Gasteiger partial charge in [-0.2, -0.15) is 0 Å². The molecule has 28 heavy (non-hydrogen) atoms. The minimum Gasteiger partial charge on any atom is -0.462 e. The smallest absolute Gasteiger partial charge is 0.338 e. The normalized spacial score (nSPS) is 18.2. The lowest BCUT2D eigenvalue weighted by Gasteiger charge is -2.45. The number of hydrogen-bond acceptors (Lipinski definition) is 4. The Morgan fingerprint density at radius 3 is 2.82 bits per heavy atom. The van der Waals surface area contributed by atoms with Crippen LogP contribution in [0, 0.1) is 0 Å². The highest BCUT2D eigenvalue weighted by Gasteiger charge is 2.34. The molecule has 4 nitrogen and oxygen atoms in total. The fourth-order valence-electron chi connectivity index (χ4n) is 3.78. The molecule has 1 unspecified atom stereocenters. The van der Waals surface area contributed by atoms with Crippen molar-refractivity contribution in [2.45, 2.75) is 45.6 Å². The molecule has 1 aliphatic rings. The van der Waals surface area contributed by atoms with Gasteiger partial charge >= 0.3 is 5.97 Å². The van der Waals surface area contributed by atoms with Crippen molar-refractivity contribution in [3.8, 4) is 0 Å². The molecule has 0 aromatic heterocycles. The first-order chi connectivity index (χ1) is 13.2. The number of esters is 1. The van der Waals surface area contributed by atoms with E-state index >= 15 is 0 Å². The summed E-state index contributed by atoms with van der Waals surface area (Å²) in [4.78, 5) is 18.7. The number of ether oxygens (including phenoxy) is 1. The molecule has 0 fully saturated rings. The van der Waals surface area contributed by atoms with E-state index in [9.17, 15) is 4.79 Å². The maximum atomic E-state index is 11.9. The molecule has 0 amide bonds. The van der Waals surface area contributed by atoms with Gasteiger partial charge in [-0.1, -0.05) is 24.6 Å². The van der Waals surface area contributed by atoms with E-state index < -0.39 is 0 Å². The van der Waals surface area contributed by atoms with E-state index in [0.717, 1.165) is 12.0 Å². The molecule has 1 heterocycles. The number of fused-ring (bicyclic) bond motifs is 1. The first-order valence-corrected chi connectivity index (χ1v) is 9.99. The van der Waals surface area contributed by atoms with Gasteiger partial charge in [-0.05, 0) is 69.0 Å². The predicted octanol–water partition coefficient (Wildman–Crippen LogP) is 5.99. The molecule has 0 saturated heterocycles. The highest BCUT2D eigenvalue weighted by Crippen LogP contribution is 2.44. The highest BCUT2D eigenvalue weighted by atomic mass is 35.5. The topological polar surface area (TPSA) is 41.9 Å². The minimum absolute atomic E-state index is 0.0961. The molecule has 0 aliphatic carbocycles. The standard InChI is InChI=1S/C23H27ClN2O2/c1-6-28-22(27)16-8-7-9-18(10-16)25-14-17-11-19-15(2)13-23(3,4)26(5)21(19)12-20(17)24/h7-12,14-15H,6,13H2,1-5H3. The average Bonchev–Trinajstić information content (AvgIpc) is 2.65. The van der Waals surface area contributed by atoms with Crippen molar-refractivity contribution in [2.24, 2.45) is 4.99 Å². The highest BCUT2D eigenvalue weighted by molar-refractivity contribution is 6.33. The number of carbonyl (C=O) groups is 1. The Hall–Kier alpha value is -2.33. The summed E-state index contributed by atoms with van der Waals surface area (Å²) in [5.41, 5.74) is 4.61. The molecule has 3 rings (SSSR count). The van der Waals surface area contributed by atoms with E-state index in [2.05, 4.69) is 43.8 Å². The molecule has 0 spiro atoms. The van der Waals surface area contributed by atoms with Crippen LogP contribution in [0.1, 0.15) is 61.5 Å². The van der Waals surface area contributed by atoms with Crippen molar-refractivity contribution in [1.29, 1.82) is 0 Å². The zero-order chi connectivity index (χ0) is 20.5. The molecule has 2 aromatic carbocycles. The van der Waals surface area contributed by atoms with Crippen molar-refractivity contribution in [2.75, 3.05) is 18.6 Å². The lowest BCUT2D eigenvalue weighted by molar-refractivity contribution is 0.0526. The summed E-state index contributed by atoms with van der Waals surface area (Å²) in [6.07, 6.45) is 2.84. The second-order valence-electron chi connectivity index (χ2n) is 7.94. The largest absolute Gasteiger partial charge is 0.462 e. The lowest BCUT2D eigenvalue weighted by Crippen LogP contribution is -2.45. The molecule has 0 bridgehead atoms. The van der Waals surface area contributed by atoms with E-state index in [0.29, 0.717) is 28.8 Å². The molecule has 2 aromatic rings. The van der Waals surface area contributed by atoms with Crippen LogP contribution in [-0.4, -0.2) is 31.4 Å². The Bertz CT molecular complexity index is 921. The van der Waals surface area contributed by atoms with Crippen LogP contribution in [0.2, 0.25) is 5.02 Å². The fourth-order valence-corrected chi connectivity index (χ4v) is 3.98. The molecule has 1 aliphatic heterocycles. The van der Waals surface area contributed by atoms with Gasteiger partial charge in [0.15, 0.2) is 0 Å². The van der Waals surface area contributed by atoms with Crippen LogP contribution >= 0.6 is 11.6 Å². The van der Waals surface area contributed by atoms with Crippen LogP contribution in [0.4, 0.5) is 11.4 Å². The van der Waals surface area contributed by atoms with Gasteiger partial charge in [0.2, 0.25) is 0 Å². The third-order valence-electron chi connectivity index (χ3n) is 5.46. The Kier molecular flexibility index (Phi) is 5.80. The van der Waals surface area contributed by atoms with Gasteiger partial charge in [0, 0.05) is 30.1 Å². The molecule has 0 saturated carbocycles. The number of halogens is 1. The second-order valence-corrected chi connectivity index (χ2v) is 8.35. The Morgan fingerprint density at radius 1 is 1.36 bits per heavy atom. The lowest BCUT2D eigenvalue weighted by atomic mass is 9.80. The van der Waals surface area contributed by atoms with Gasteiger partial charge in [-0.3, -0.25) is 4.99 Å². The van der Waals surface area contributed by atoms with Gasteiger partial charge in [0.1, 0.15) is 0 Å². The SMILES string of the molecule is CCOC(=O)c1cccc(N=Cc2cc3c(cc2Cl)N(C)C(C)(C)CC3C)c1. The van der Waals surface area contributed by atoms with E-state index in [1.165, 1.54) is 11.3 Å². The Labute approximate surface area is 172 Å². The molecule has 5 heteroatoms. The number of hydrogen-bond donors (Lipinski definition) is 0. The maximum absolute atomic E-state index is 11.9. The molecule has 148 valence electrons. The summed E-state index contributed by atoms with van der Waals surface area (Å²) in [6, 6.07) is 11.3.